The number of carbonyl (C=O) groups is 1. The number of carbonyl (C=O) groups excluding carboxylic acids is 1. The molecule has 5 heteroatoms. The fourth-order valence-corrected chi connectivity index (χ4v) is 3.01. The molecule has 3 heterocycles. The lowest BCUT2D eigenvalue weighted by Gasteiger charge is -2.26. The largest absolute Gasteiger partial charge is 0.344 e. The van der Waals surface area contributed by atoms with Gasteiger partial charge in [0.05, 0.1) is 12.0 Å². The van der Waals surface area contributed by atoms with Gasteiger partial charge in [0.2, 0.25) is 5.91 Å². The lowest BCUT2D eigenvalue weighted by molar-refractivity contribution is -0.129. The van der Waals surface area contributed by atoms with E-state index in [-0.39, 0.29) is 11.9 Å². The van der Waals surface area contributed by atoms with E-state index in [1.165, 1.54) is 18.5 Å². The van der Waals surface area contributed by atoms with Gasteiger partial charge in [0.1, 0.15) is 6.04 Å². The van der Waals surface area contributed by atoms with Crippen LogP contribution in [0, 0.1) is 0 Å². The zero-order valence-corrected chi connectivity index (χ0v) is 10.8. The minimum absolute atomic E-state index is 0.0452. The predicted octanol–water partition coefficient (Wildman–Crippen LogP) is 1.10. The maximum absolute atomic E-state index is 12.1. The van der Waals surface area contributed by atoms with Crippen molar-refractivity contribution in [3.05, 3.63) is 18.2 Å². The summed E-state index contributed by atoms with van der Waals surface area (Å²) in [6.07, 6.45) is 8.26. The van der Waals surface area contributed by atoms with Gasteiger partial charge in [0, 0.05) is 25.8 Å². The van der Waals surface area contributed by atoms with Crippen LogP contribution in [0.25, 0.3) is 0 Å². The summed E-state index contributed by atoms with van der Waals surface area (Å²) in [6.45, 7) is 1.91. The van der Waals surface area contributed by atoms with Crippen LogP contribution in [0.3, 0.4) is 0 Å². The average Bonchev–Trinajstić information content (AvgIpc) is 2.99. The average molecular weight is 248 g/mol. The lowest BCUT2D eigenvalue weighted by Crippen LogP contribution is -2.31. The Hall–Kier alpha value is -1.36. The normalized spacial score (nSPS) is 28.9. The first-order valence-corrected chi connectivity index (χ1v) is 6.77. The number of piperidine rings is 1. The molecule has 2 saturated heterocycles. The fraction of sp³-hybridized carbons (Fsp3) is 0.692. The minimum atomic E-state index is -0.0452. The Morgan fingerprint density at radius 3 is 2.94 bits per heavy atom. The van der Waals surface area contributed by atoms with Gasteiger partial charge in [-0.3, -0.25) is 4.79 Å². The molecule has 0 saturated carbocycles. The molecule has 2 atom stereocenters. The molecule has 1 amide bonds. The Morgan fingerprint density at radius 1 is 1.39 bits per heavy atom. The standard InChI is InChI=1S/C13H20N4O/c1-16-7-5-11(13(16)18)17-9-14-8-12(17)10-4-2-3-6-15-10/h8-11,15H,2-7H2,1H3. The van der Waals surface area contributed by atoms with E-state index in [4.69, 9.17) is 0 Å². The molecule has 2 fully saturated rings. The lowest BCUT2D eigenvalue weighted by atomic mass is 10.0. The van der Waals surface area contributed by atoms with Crippen molar-refractivity contribution in [2.75, 3.05) is 20.1 Å². The predicted molar refractivity (Wildman–Crippen MR) is 68.1 cm³/mol. The number of hydrogen-bond donors (Lipinski definition) is 1. The third kappa shape index (κ3) is 1.92. The van der Waals surface area contributed by atoms with E-state index >= 15 is 0 Å². The summed E-state index contributed by atoms with van der Waals surface area (Å²) >= 11 is 0. The Kier molecular flexibility index (Phi) is 3.07. The summed E-state index contributed by atoms with van der Waals surface area (Å²) in [5.74, 6) is 0.213. The molecule has 0 radical (unpaired) electrons. The molecule has 2 unspecified atom stereocenters. The van der Waals surface area contributed by atoms with Gasteiger partial charge in [-0.05, 0) is 25.8 Å². The van der Waals surface area contributed by atoms with Crippen molar-refractivity contribution in [2.45, 2.75) is 37.8 Å². The van der Waals surface area contributed by atoms with Gasteiger partial charge in [-0.25, -0.2) is 4.98 Å². The Balaban J connectivity index is 1.85. The monoisotopic (exact) mass is 248 g/mol. The van der Waals surface area contributed by atoms with Crippen LogP contribution in [-0.4, -0.2) is 40.5 Å². The van der Waals surface area contributed by atoms with Gasteiger partial charge in [-0.15, -0.1) is 0 Å². The highest BCUT2D eigenvalue weighted by atomic mass is 16.2. The van der Waals surface area contributed by atoms with E-state index in [9.17, 15) is 4.79 Å². The number of imidazole rings is 1. The molecule has 1 aromatic heterocycles. The number of amides is 1. The van der Waals surface area contributed by atoms with Gasteiger partial charge < -0.3 is 14.8 Å². The van der Waals surface area contributed by atoms with E-state index in [0.717, 1.165) is 25.9 Å². The van der Waals surface area contributed by atoms with Crippen molar-refractivity contribution >= 4 is 5.91 Å². The molecule has 1 N–H and O–H groups in total. The Morgan fingerprint density at radius 2 is 2.28 bits per heavy atom. The molecule has 2 aliphatic heterocycles. The molecule has 3 rings (SSSR count). The third-order valence-electron chi connectivity index (χ3n) is 4.10. The summed E-state index contributed by atoms with van der Waals surface area (Å²) in [6, 6.07) is 0.316. The number of nitrogens with zero attached hydrogens (tertiary/aromatic N) is 3. The second-order valence-electron chi connectivity index (χ2n) is 5.29. The Labute approximate surface area is 107 Å². The fourth-order valence-electron chi connectivity index (χ4n) is 3.01. The first-order chi connectivity index (χ1) is 8.77. The number of nitrogens with one attached hydrogen (secondary N) is 1. The van der Waals surface area contributed by atoms with Crippen molar-refractivity contribution in [1.82, 2.24) is 19.8 Å². The third-order valence-corrected chi connectivity index (χ3v) is 4.10. The van der Waals surface area contributed by atoms with E-state index in [1.807, 2.05) is 24.5 Å². The van der Waals surface area contributed by atoms with Crippen LogP contribution in [0.1, 0.15) is 43.5 Å². The number of hydrogen-bond acceptors (Lipinski definition) is 3. The van der Waals surface area contributed by atoms with Crippen LogP contribution >= 0.6 is 0 Å². The molecule has 0 aliphatic carbocycles. The van der Waals surface area contributed by atoms with Gasteiger partial charge >= 0.3 is 0 Å². The molecule has 5 nitrogen and oxygen atoms in total. The van der Waals surface area contributed by atoms with Crippen LogP contribution in [0.5, 0.6) is 0 Å². The van der Waals surface area contributed by atoms with Crippen LogP contribution in [0.4, 0.5) is 0 Å². The number of likely N-dealkylation sites (tertiary alicyclic amines) is 1. The molecular formula is C13H20N4O. The van der Waals surface area contributed by atoms with Crippen molar-refractivity contribution in [2.24, 2.45) is 0 Å². The maximum atomic E-state index is 12.1. The zero-order chi connectivity index (χ0) is 12.5. The molecule has 2 aliphatic rings. The van der Waals surface area contributed by atoms with Crippen molar-refractivity contribution in [3.8, 4) is 0 Å². The highest BCUT2D eigenvalue weighted by Gasteiger charge is 2.32. The quantitative estimate of drug-likeness (QED) is 0.852. The first kappa shape index (κ1) is 11.7. The smallest absolute Gasteiger partial charge is 0.245 e. The minimum Gasteiger partial charge on any atom is -0.344 e. The zero-order valence-electron chi connectivity index (χ0n) is 10.8. The second-order valence-corrected chi connectivity index (χ2v) is 5.29. The van der Waals surface area contributed by atoms with E-state index in [1.54, 1.807) is 0 Å². The SMILES string of the molecule is CN1CCC(n2cncc2C2CCCCN2)C1=O. The molecule has 98 valence electrons. The van der Waals surface area contributed by atoms with E-state index < -0.39 is 0 Å². The van der Waals surface area contributed by atoms with Crippen molar-refractivity contribution in [1.29, 1.82) is 0 Å². The van der Waals surface area contributed by atoms with Crippen molar-refractivity contribution in [3.63, 3.8) is 0 Å². The summed E-state index contributed by atoms with van der Waals surface area (Å²) in [5, 5.41) is 3.53. The number of aromatic nitrogens is 2. The second kappa shape index (κ2) is 4.72. The molecule has 1 aromatic rings. The van der Waals surface area contributed by atoms with Crippen LogP contribution in [0.15, 0.2) is 12.5 Å². The first-order valence-electron chi connectivity index (χ1n) is 6.77. The van der Waals surface area contributed by atoms with Gasteiger partial charge in [-0.2, -0.15) is 0 Å². The van der Waals surface area contributed by atoms with E-state index in [2.05, 4.69) is 14.9 Å². The molecule has 0 aromatic carbocycles. The van der Waals surface area contributed by atoms with Gasteiger partial charge in [0.15, 0.2) is 0 Å². The summed E-state index contributed by atoms with van der Waals surface area (Å²) in [7, 11) is 1.87. The van der Waals surface area contributed by atoms with Gasteiger partial charge in [-0.1, -0.05) is 6.42 Å². The topological polar surface area (TPSA) is 50.2 Å². The molecule has 0 bridgehead atoms. The number of rotatable bonds is 2. The van der Waals surface area contributed by atoms with Gasteiger partial charge in [0.25, 0.3) is 0 Å². The highest BCUT2D eigenvalue weighted by molar-refractivity contribution is 5.82. The van der Waals surface area contributed by atoms with Crippen LogP contribution in [0.2, 0.25) is 0 Å². The molecule has 0 spiro atoms. The van der Waals surface area contributed by atoms with Crippen LogP contribution in [-0.2, 0) is 4.79 Å². The summed E-state index contributed by atoms with van der Waals surface area (Å²) in [5.41, 5.74) is 1.17. The van der Waals surface area contributed by atoms with Crippen LogP contribution < -0.4 is 5.32 Å². The molecular weight excluding hydrogens is 228 g/mol. The molecule has 18 heavy (non-hydrogen) atoms. The number of likely N-dealkylation sites (N-methyl/N-ethyl adjacent to an activating group) is 1. The Bertz CT molecular complexity index is 436. The maximum Gasteiger partial charge on any atom is 0.245 e. The summed E-state index contributed by atoms with van der Waals surface area (Å²) < 4.78 is 2.08. The summed E-state index contributed by atoms with van der Waals surface area (Å²) in [4.78, 5) is 18.2. The van der Waals surface area contributed by atoms with E-state index in [0.29, 0.717) is 6.04 Å². The van der Waals surface area contributed by atoms with Crippen molar-refractivity contribution < 1.29 is 4.79 Å². The highest BCUT2D eigenvalue weighted by Crippen LogP contribution is 2.29.